The largest absolute Gasteiger partial charge is 0.465 e. The summed E-state index contributed by atoms with van der Waals surface area (Å²) in [5, 5.41) is 0.450. The number of Topliss-reactive ketones (excluding diaryl/α,β-unsaturated/α-hetero) is 1. The van der Waals surface area contributed by atoms with Crippen molar-refractivity contribution in [1.29, 1.82) is 0 Å². The van der Waals surface area contributed by atoms with E-state index in [-0.39, 0.29) is 12.2 Å². The Morgan fingerprint density at radius 1 is 1.16 bits per heavy atom. The number of rotatable bonds is 6. The second kappa shape index (κ2) is 6.68. The van der Waals surface area contributed by atoms with E-state index in [1.165, 1.54) is 24.3 Å². The molecule has 0 N–H and O–H groups in total. The third-order valence-corrected chi connectivity index (χ3v) is 3.79. The molecule has 0 saturated heterocycles. The van der Waals surface area contributed by atoms with Crippen molar-refractivity contribution in [2.75, 3.05) is 18.1 Å². The zero-order valence-electron chi connectivity index (χ0n) is 10.3. The van der Waals surface area contributed by atoms with Gasteiger partial charge in [-0.3, -0.25) is 9.59 Å². The van der Waals surface area contributed by atoms with Crippen molar-refractivity contribution >= 4 is 33.2 Å². The maximum atomic E-state index is 11.7. The van der Waals surface area contributed by atoms with Crippen LogP contribution < -0.4 is 0 Å². The number of esters is 1. The van der Waals surface area contributed by atoms with E-state index in [2.05, 4.69) is 4.74 Å². The second-order valence-corrected chi connectivity index (χ2v) is 6.27. The van der Waals surface area contributed by atoms with Gasteiger partial charge in [-0.15, -0.1) is 0 Å². The Hall–Kier alpha value is -1.40. The van der Waals surface area contributed by atoms with E-state index in [9.17, 15) is 18.0 Å². The summed E-state index contributed by atoms with van der Waals surface area (Å²) in [6.07, 6.45) is 0. The first-order valence-corrected chi connectivity index (χ1v) is 7.69. The minimum Gasteiger partial charge on any atom is -0.465 e. The summed E-state index contributed by atoms with van der Waals surface area (Å²) in [4.78, 5) is 22.8. The molecule has 0 spiro atoms. The first-order valence-electron chi connectivity index (χ1n) is 5.49. The third kappa shape index (κ3) is 5.40. The lowest BCUT2D eigenvalue weighted by molar-refractivity contribution is -0.139. The molecule has 0 aliphatic rings. The highest BCUT2D eigenvalue weighted by atomic mass is 35.5. The monoisotopic (exact) mass is 304 g/mol. The van der Waals surface area contributed by atoms with Gasteiger partial charge in [-0.25, -0.2) is 8.42 Å². The molecule has 0 aliphatic heterocycles. The molecular formula is C12H13ClO5S. The molecule has 0 bridgehead atoms. The average molecular weight is 305 g/mol. The molecule has 0 aliphatic carbocycles. The SMILES string of the molecule is CCOC(=O)CS(=O)(=O)CC(=O)c1ccc(Cl)cc1. The highest BCUT2D eigenvalue weighted by Gasteiger charge is 2.22. The molecule has 0 radical (unpaired) electrons. The summed E-state index contributed by atoms with van der Waals surface area (Å²) in [5.41, 5.74) is 0.233. The van der Waals surface area contributed by atoms with Crippen LogP contribution in [0.5, 0.6) is 0 Å². The summed E-state index contributed by atoms with van der Waals surface area (Å²) in [5.74, 6) is -2.96. The molecule has 7 heteroatoms. The predicted octanol–water partition coefficient (Wildman–Crippen LogP) is 1.50. The minimum atomic E-state index is -3.82. The minimum absolute atomic E-state index is 0.0967. The lowest BCUT2D eigenvalue weighted by Crippen LogP contribution is -2.25. The summed E-state index contributed by atoms with van der Waals surface area (Å²) < 4.78 is 27.8. The van der Waals surface area contributed by atoms with Gasteiger partial charge in [0.1, 0.15) is 11.5 Å². The quantitative estimate of drug-likeness (QED) is 0.588. The topological polar surface area (TPSA) is 77.5 Å². The van der Waals surface area contributed by atoms with E-state index in [0.717, 1.165) is 0 Å². The number of sulfone groups is 1. The Morgan fingerprint density at radius 2 is 1.74 bits per heavy atom. The van der Waals surface area contributed by atoms with E-state index in [1.54, 1.807) is 6.92 Å². The number of ketones is 1. The fraction of sp³-hybridized carbons (Fsp3) is 0.333. The normalized spacial score (nSPS) is 11.1. The number of hydrogen-bond acceptors (Lipinski definition) is 5. The molecule has 0 amide bonds. The van der Waals surface area contributed by atoms with Crippen molar-refractivity contribution in [3.05, 3.63) is 34.9 Å². The molecule has 0 saturated carbocycles. The van der Waals surface area contributed by atoms with E-state index < -0.39 is 33.1 Å². The Balaban J connectivity index is 2.70. The van der Waals surface area contributed by atoms with Gasteiger partial charge in [0.05, 0.1) is 6.61 Å². The Morgan fingerprint density at radius 3 is 2.26 bits per heavy atom. The molecular weight excluding hydrogens is 292 g/mol. The molecule has 19 heavy (non-hydrogen) atoms. The molecule has 0 fully saturated rings. The lowest BCUT2D eigenvalue weighted by atomic mass is 10.1. The predicted molar refractivity (Wildman–Crippen MR) is 71.1 cm³/mol. The van der Waals surface area contributed by atoms with Crippen LogP contribution in [0.15, 0.2) is 24.3 Å². The van der Waals surface area contributed by atoms with Gasteiger partial charge in [-0.2, -0.15) is 0 Å². The van der Waals surface area contributed by atoms with Crippen LogP contribution in [-0.2, 0) is 19.4 Å². The Kier molecular flexibility index (Phi) is 5.50. The molecule has 0 aromatic heterocycles. The van der Waals surface area contributed by atoms with Crippen LogP contribution in [0.3, 0.4) is 0 Å². The van der Waals surface area contributed by atoms with Crippen LogP contribution in [0.1, 0.15) is 17.3 Å². The molecule has 104 valence electrons. The van der Waals surface area contributed by atoms with Crippen molar-refractivity contribution in [2.45, 2.75) is 6.92 Å². The van der Waals surface area contributed by atoms with Crippen molar-refractivity contribution in [2.24, 2.45) is 0 Å². The van der Waals surface area contributed by atoms with E-state index in [1.807, 2.05) is 0 Å². The van der Waals surface area contributed by atoms with Crippen LogP contribution in [0, 0.1) is 0 Å². The van der Waals surface area contributed by atoms with E-state index in [4.69, 9.17) is 11.6 Å². The van der Waals surface area contributed by atoms with Gasteiger partial charge < -0.3 is 4.74 Å². The Bertz CT molecular complexity index is 562. The number of ether oxygens (including phenoxy) is 1. The highest BCUT2D eigenvalue weighted by Crippen LogP contribution is 2.11. The summed E-state index contributed by atoms with van der Waals surface area (Å²) in [6.45, 7) is 1.67. The van der Waals surface area contributed by atoms with E-state index >= 15 is 0 Å². The van der Waals surface area contributed by atoms with Gasteiger partial charge in [0.25, 0.3) is 0 Å². The number of benzene rings is 1. The van der Waals surface area contributed by atoms with Crippen LogP contribution in [0.4, 0.5) is 0 Å². The first kappa shape index (κ1) is 15.7. The van der Waals surface area contributed by atoms with Crippen LogP contribution in [0.2, 0.25) is 5.02 Å². The van der Waals surface area contributed by atoms with Crippen molar-refractivity contribution < 1.29 is 22.7 Å². The number of hydrogen-bond donors (Lipinski definition) is 0. The number of carbonyl (C=O) groups is 2. The average Bonchev–Trinajstić information content (AvgIpc) is 2.28. The first-order chi connectivity index (χ1) is 8.84. The van der Waals surface area contributed by atoms with Gasteiger partial charge in [-0.1, -0.05) is 11.6 Å². The van der Waals surface area contributed by atoms with Crippen LogP contribution >= 0.6 is 11.6 Å². The number of carbonyl (C=O) groups excluding carboxylic acids is 2. The maximum absolute atomic E-state index is 11.7. The van der Waals surface area contributed by atoms with Gasteiger partial charge in [0, 0.05) is 10.6 Å². The highest BCUT2D eigenvalue weighted by molar-refractivity contribution is 7.92. The molecule has 1 rings (SSSR count). The summed E-state index contributed by atoms with van der Waals surface area (Å²) in [7, 11) is -3.82. The maximum Gasteiger partial charge on any atom is 0.321 e. The molecule has 0 unspecified atom stereocenters. The Labute approximate surface area is 116 Å². The lowest BCUT2D eigenvalue weighted by Gasteiger charge is -2.04. The van der Waals surface area contributed by atoms with Crippen LogP contribution in [-0.4, -0.2) is 38.3 Å². The standard InChI is InChI=1S/C12H13ClO5S/c1-2-18-12(15)8-19(16,17)7-11(14)9-3-5-10(13)6-4-9/h3-6H,2,7-8H2,1H3. The van der Waals surface area contributed by atoms with Crippen molar-refractivity contribution in [3.8, 4) is 0 Å². The summed E-state index contributed by atoms with van der Waals surface area (Å²) in [6, 6.07) is 5.86. The zero-order valence-corrected chi connectivity index (χ0v) is 11.8. The molecule has 0 heterocycles. The van der Waals surface area contributed by atoms with Gasteiger partial charge in [0.2, 0.25) is 0 Å². The molecule has 1 aromatic rings. The fourth-order valence-electron chi connectivity index (χ4n) is 1.35. The molecule has 0 atom stereocenters. The molecule has 5 nitrogen and oxygen atoms in total. The van der Waals surface area contributed by atoms with Crippen molar-refractivity contribution in [3.63, 3.8) is 0 Å². The van der Waals surface area contributed by atoms with E-state index in [0.29, 0.717) is 5.02 Å². The van der Waals surface area contributed by atoms with Crippen LogP contribution in [0.25, 0.3) is 0 Å². The smallest absolute Gasteiger partial charge is 0.321 e. The second-order valence-electron chi connectivity index (χ2n) is 3.77. The molecule has 1 aromatic carbocycles. The van der Waals surface area contributed by atoms with Gasteiger partial charge >= 0.3 is 5.97 Å². The fourth-order valence-corrected chi connectivity index (χ4v) is 2.59. The van der Waals surface area contributed by atoms with Gasteiger partial charge in [-0.05, 0) is 31.2 Å². The summed E-state index contributed by atoms with van der Waals surface area (Å²) >= 11 is 5.66. The zero-order chi connectivity index (χ0) is 14.5. The number of halogens is 1. The van der Waals surface area contributed by atoms with Crippen molar-refractivity contribution in [1.82, 2.24) is 0 Å². The van der Waals surface area contributed by atoms with Gasteiger partial charge in [0.15, 0.2) is 15.6 Å². The third-order valence-electron chi connectivity index (χ3n) is 2.16.